The Morgan fingerprint density at radius 2 is 1.50 bits per heavy atom. The van der Waals surface area contributed by atoms with Crippen LogP contribution in [0, 0.1) is 20.2 Å². The number of benzene rings is 2. The number of nitro benzene ring substituents is 2. The fourth-order valence-corrected chi connectivity index (χ4v) is 2.75. The van der Waals surface area contributed by atoms with Crippen LogP contribution >= 0.6 is 0 Å². The zero-order valence-electron chi connectivity index (χ0n) is 12.3. The molecule has 2 aromatic carbocycles. The zero-order chi connectivity index (χ0) is 19.7. The van der Waals surface area contributed by atoms with Crippen molar-refractivity contribution < 1.29 is 35.6 Å². The second-order valence-corrected chi connectivity index (χ2v) is 6.27. The minimum absolute atomic E-state index is 0.498. The molecule has 0 atom stereocenters. The average molecular weight is 392 g/mol. The van der Waals surface area contributed by atoms with Crippen LogP contribution in [0.3, 0.4) is 0 Å². The summed E-state index contributed by atoms with van der Waals surface area (Å²) in [5.74, 6) is -0.819. The zero-order valence-corrected chi connectivity index (χ0v) is 13.2. The summed E-state index contributed by atoms with van der Waals surface area (Å²) in [5, 5.41) is 21.6. The maximum Gasteiger partial charge on any atom is 0.416 e. The SMILES string of the molecule is O=[N+]([O-])c1ccc(OS(=O)(=O)c2ccc(C(F)(F)F)cc2)c([N+](=O)[O-])c1. The molecule has 9 nitrogen and oxygen atoms in total. The van der Waals surface area contributed by atoms with Crippen LogP contribution in [-0.2, 0) is 16.3 Å². The van der Waals surface area contributed by atoms with Gasteiger partial charge in [0.2, 0.25) is 5.75 Å². The molecular formula is C13H7F3N2O7S. The molecule has 0 heterocycles. The highest BCUT2D eigenvalue weighted by molar-refractivity contribution is 7.87. The second kappa shape index (κ2) is 6.59. The number of halogens is 3. The molecule has 13 heteroatoms. The van der Waals surface area contributed by atoms with E-state index in [0.29, 0.717) is 36.4 Å². The summed E-state index contributed by atoms with van der Waals surface area (Å²) in [7, 11) is -4.71. The summed E-state index contributed by atoms with van der Waals surface area (Å²) < 4.78 is 66.3. The number of hydrogen-bond donors (Lipinski definition) is 0. The standard InChI is InChI=1S/C13H7F3N2O7S/c14-13(15,16)8-1-4-10(5-2-8)26(23,24)25-12-6-3-9(17(19)20)7-11(12)18(21)22/h1-7H. The Bertz CT molecular complexity index is 972. The molecular weight excluding hydrogens is 385 g/mol. The number of nitrogens with zero attached hydrogens (tertiary/aromatic N) is 2. The first kappa shape index (κ1) is 19.1. The molecule has 0 unspecified atom stereocenters. The fraction of sp³-hybridized carbons (Fsp3) is 0.0769. The molecule has 138 valence electrons. The predicted octanol–water partition coefficient (Wildman–Crippen LogP) is 3.29. The fourth-order valence-electron chi connectivity index (χ4n) is 1.81. The molecule has 0 saturated carbocycles. The van der Waals surface area contributed by atoms with Crippen molar-refractivity contribution in [2.75, 3.05) is 0 Å². The lowest BCUT2D eigenvalue weighted by molar-refractivity contribution is -0.394. The summed E-state index contributed by atoms with van der Waals surface area (Å²) in [5.41, 5.74) is -2.76. The van der Waals surface area contributed by atoms with E-state index in [-0.39, 0.29) is 0 Å². The largest absolute Gasteiger partial charge is 0.416 e. The Morgan fingerprint density at radius 1 is 0.923 bits per heavy atom. The van der Waals surface area contributed by atoms with Crippen molar-refractivity contribution in [1.29, 1.82) is 0 Å². The van der Waals surface area contributed by atoms with Crippen LogP contribution in [0.2, 0.25) is 0 Å². The molecule has 2 aromatic rings. The first-order valence-corrected chi connectivity index (χ1v) is 7.87. The van der Waals surface area contributed by atoms with E-state index in [1.165, 1.54) is 0 Å². The topological polar surface area (TPSA) is 130 Å². The molecule has 0 N–H and O–H groups in total. The van der Waals surface area contributed by atoms with Gasteiger partial charge in [-0.2, -0.15) is 21.6 Å². The second-order valence-electron chi connectivity index (χ2n) is 4.73. The van der Waals surface area contributed by atoms with Gasteiger partial charge < -0.3 is 4.18 Å². The van der Waals surface area contributed by atoms with Gasteiger partial charge in [-0.15, -0.1) is 0 Å². The molecule has 0 radical (unpaired) electrons. The third-order valence-corrected chi connectivity index (χ3v) is 4.27. The lowest BCUT2D eigenvalue weighted by atomic mass is 10.2. The molecule has 26 heavy (non-hydrogen) atoms. The number of non-ortho nitro benzene ring substituents is 1. The lowest BCUT2D eigenvalue weighted by Crippen LogP contribution is -2.12. The van der Waals surface area contributed by atoms with E-state index < -0.39 is 53.7 Å². The van der Waals surface area contributed by atoms with Gasteiger partial charge in [0.1, 0.15) is 4.90 Å². The molecule has 0 aromatic heterocycles. The normalized spacial score (nSPS) is 11.8. The average Bonchev–Trinajstić information content (AvgIpc) is 2.53. The van der Waals surface area contributed by atoms with Crippen molar-refractivity contribution in [2.45, 2.75) is 11.1 Å². The number of hydrogen-bond acceptors (Lipinski definition) is 7. The molecule has 0 bridgehead atoms. The summed E-state index contributed by atoms with van der Waals surface area (Å²) in [6.07, 6.45) is -4.68. The van der Waals surface area contributed by atoms with E-state index in [0.717, 1.165) is 6.07 Å². The van der Waals surface area contributed by atoms with Crippen LogP contribution in [0.4, 0.5) is 24.5 Å². The van der Waals surface area contributed by atoms with Crippen LogP contribution in [0.1, 0.15) is 5.56 Å². The molecule has 0 aliphatic rings. The molecule has 0 spiro atoms. The van der Waals surface area contributed by atoms with Crippen molar-refractivity contribution in [3.8, 4) is 5.75 Å². The first-order valence-electron chi connectivity index (χ1n) is 6.46. The molecule has 2 rings (SSSR count). The Hall–Kier alpha value is -3.22. The molecule has 0 aliphatic heterocycles. The predicted molar refractivity (Wildman–Crippen MR) is 79.0 cm³/mol. The van der Waals surface area contributed by atoms with E-state index in [1.54, 1.807) is 0 Å². The van der Waals surface area contributed by atoms with Gasteiger partial charge in [0.25, 0.3) is 5.69 Å². The van der Waals surface area contributed by atoms with Gasteiger partial charge in [0.15, 0.2) is 0 Å². The van der Waals surface area contributed by atoms with E-state index in [9.17, 15) is 41.8 Å². The Morgan fingerprint density at radius 3 is 1.96 bits per heavy atom. The lowest BCUT2D eigenvalue weighted by Gasteiger charge is -2.09. The van der Waals surface area contributed by atoms with Crippen molar-refractivity contribution in [3.05, 3.63) is 68.3 Å². The summed E-state index contributed by atoms with van der Waals surface area (Å²) >= 11 is 0. The van der Waals surface area contributed by atoms with Crippen LogP contribution in [0.25, 0.3) is 0 Å². The van der Waals surface area contributed by atoms with Gasteiger partial charge in [-0.05, 0) is 30.3 Å². The molecule has 0 aliphatic carbocycles. The molecule has 0 fully saturated rings. The van der Waals surface area contributed by atoms with Crippen LogP contribution in [0.15, 0.2) is 47.4 Å². The van der Waals surface area contributed by atoms with Crippen LogP contribution in [-0.4, -0.2) is 18.3 Å². The Balaban J connectivity index is 2.40. The van der Waals surface area contributed by atoms with E-state index in [4.69, 9.17) is 0 Å². The number of nitro groups is 2. The molecule has 0 saturated heterocycles. The molecule has 0 amide bonds. The highest BCUT2D eigenvalue weighted by Gasteiger charge is 2.31. The van der Waals surface area contributed by atoms with Gasteiger partial charge in [-0.1, -0.05) is 0 Å². The van der Waals surface area contributed by atoms with Crippen LogP contribution in [0.5, 0.6) is 5.75 Å². The minimum atomic E-state index is -4.71. The maximum atomic E-state index is 12.5. The summed E-state index contributed by atoms with van der Waals surface area (Å²) in [4.78, 5) is 18.9. The highest BCUT2D eigenvalue weighted by Crippen LogP contribution is 2.34. The third kappa shape index (κ3) is 4.05. The quantitative estimate of drug-likeness (QED) is 0.433. The highest BCUT2D eigenvalue weighted by atomic mass is 32.2. The van der Waals surface area contributed by atoms with E-state index in [1.807, 2.05) is 0 Å². The van der Waals surface area contributed by atoms with Crippen molar-refractivity contribution in [3.63, 3.8) is 0 Å². The van der Waals surface area contributed by atoms with Gasteiger partial charge in [-0.3, -0.25) is 20.2 Å². The number of alkyl halides is 3. The van der Waals surface area contributed by atoms with Gasteiger partial charge >= 0.3 is 22.0 Å². The Labute approximate surface area is 143 Å². The van der Waals surface area contributed by atoms with Gasteiger partial charge in [0.05, 0.1) is 21.5 Å². The maximum absolute atomic E-state index is 12.5. The summed E-state index contributed by atoms with van der Waals surface area (Å²) in [6, 6.07) is 4.23. The van der Waals surface area contributed by atoms with E-state index >= 15 is 0 Å². The smallest absolute Gasteiger partial charge is 0.372 e. The summed E-state index contributed by atoms with van der Waals surface area (Å²) in [6.45, 7) is 0. The third-order valence-electron chi connectivity index (χ3n) is 3.02. The minimum Gasteiger partial charge on any atom is -0.372 e. The van der Waals surface area contributed by atoms with Crippen LogP contribution < -0.4 is 4.18 Å². The van der Waals surface area contributed by atoms with E-state index in [2.05, 4.69) is 4.18 Å². The Kier molecular flexibility index (Phi) is 4.84. The monoisotopic (exact) mass is 392 g/mol. The van der Waals surface area contributed by atoms with Crippen molar-refractivity contribution >= 4 is 21.5 Å². The first-order chi connectivity index (χ1) is 11.9. The van der Waals surface area contributed by atoms with Gasteiger partial charge in [0, 0.05) is 6.07 Å². The van der Waals surface area contributed by atoms with Gasteiger partial charge in [-0.25, -0.2) is 0 Å². The van der Waals surface area contributed by atoms with Crippen molar-refractivity contribution in [1.82, 2.24) is 0 Å². The van der Waals surface area contributed by atoms with Crippen molar-refractivity contribution in [2.24, 2.45) is 0 Å². The number of rotatable bonds is 5.